The highest BCUT2D eigenvalue weighted by atomic mass is 35.5. The lowest BCUT2D eigenvalue weighted by Crippen LogP contribution is -1.99. The van der Waals surface area contributed by atoms with E-state index >= 15 is 0 Å². The quantitative estimate of drug-likeness (QED) is 0.628. The Kier molecular flexibility index (Phi) is 3.25. The van der Waals surface area contributed by atoms with Gasteiger partial charge in [0.2, 0.25) is 0 Å². The zero-order valence-electron chi connectivity index (χ0n) is 10.8. The van der Waals surface area contributed by atoms with Crippen molar-refractivity contribution in [1.29, 1.82) is 0 Å². The Morgan fingerprint density at radius 2 is 2.05 bits per heavy atom. The zero-order valence-corrected chi connectivity index (χ0v) is 12.3. The van der Waals surface area contributed by atoms with Gasteiger partial charge in [0.1, 0.15) is 11.0 Å². The van der Waals surface area contributed by atoms with E-state index < -0.39 is 0 Å². The molecule has 2 nitrogen and oxygen atoms in total. The lowest BCUT2D eigenvalue weighted by atomic mass is 10.1. The van der Waals surface area contributed by atoms with Crippen molar-refractivity contribution >= 4 is 33.0 Å². The van der Waals surface area contributed by atoms with Gasteiger partial charge in [-0.2, -0.15) is 0 Å². The molecule has 3 rings (SSSR count). The van der Waals surface area contributed by atoms with Crippen LogP contribution in [-0.4, -0.2) is 9.97 Å². The second kappa shape index (κ2) is 4.91. The molecule has 0 aliphatic heterocycles. The maximum absolute atomic E-state index is 6.23. The fraction of sp³-hybridized carbons (Fsp3) is 0.200. The fourth-order valence-corrected chi connectivity index (χ4v) is 3.23. The Morgan fingerprint density at radius 3 is 2.84 bits per heavy atom. The Bertz CT molecular complexity index is 749. The average Bonchev–Trinajstić information content (AvgIpc) is 2.90. The third-order valence-electron chi connectivity index (χ3n) is 3.18. The topological polar surface area (TPSA) is 25.8 Å². The molecule has 0 fully saturated rings. The van der Waals surface area contributed by atoms with Gasteiger partial charge in [-0.3, -0.25) is 0 Å². The summed E-state index contributed by atoms with van der Waals surface area (Å²) in [5.41, 5.74) is 3.04. The maximum Gasteiger partial charge on any atom is 0.136 e. The minimum Gasteiger partial charge on any atom is -0.232 e. The minimum atomic E-state index is 0.551. The number of nitrogens with zero attached hydrogens (tertiary/aromatic N) is 2. The molecule has 0 atom stereocenters. The maximum atomic E-state index is 6.23. The summed E-state index contributed by atoms with van der Waals surface area (Å²) in [4.78, 5) is 8.97. The highest BCUT2D eigenvalue weighted by Gasteiger charge is 2.13. The van der Waals surface area contributed by atoms with Gasteiger partial charge in [0.05, 0.1) is 5.69 Å². The van der Waals surface area contributed by atoms with Gasteiger partial charge in [0.25, 0.3) is 0 Å². The molecule has 3 aromatic rings. The summed E-state index contributed by atoms with van der Waals surface area (Å²) in [6.45, 7) is 4.01. The van der Waals surface area contributed by atoms with E-state index in [1.807, 2.05) is 13.8 Å². The van der Waals surface area contributed by atoms with Gasteiger partial charge in [0.15, 0.2) is 0 Å². The van der Waals surface area contributed by atoms with Gasteiger partial charge in [-0.05, 0) is 23.8 Å². The molecule has 19 heavy (non-hydrogen) atoms. The minimum absolute atomic E-state index is 0.551. The van der Waals surface area contributed by atoms with E-state index in [1.54, 1.807) is 11.3 Å². The van der Waals surface area contributed by atoms with Gasteiger partial charge in [-0.1, -0.05) is 36.7 Å². The van der Waals surface area contributed by atoms with Gasteiger partial charge < -0.3 is 0 Å². The number of aromatic nitrogens is 2. The summed E-state index contributed by atoms with van der Waals surface area (Å²) in [6.07, 6.45) is 0.785. The predicted octanol–water partition coefficient (Wildman–Crippen LogP) is 4.88. The van der Waals surface area contributed by atoms with Crippen LogP contribution >= 0.6 is 22.9 Å². The molecular formula is C15H13ClN2S. The average molecular weight is 289 g/mol. The van der Waals surface area contributed by atoms with Crippen LogP contribution in [0.15, 0.2) is 29.6 Å². The highest BCUT2D eigenvalue weighted by molar-refractivity contribution is 7.17. The summed E-state index contributed by atoms with van der Waals surface area (Å²) < 4.78 is 1.25. The van der Waals surface area contributed by atoms with Gasteiger partial charge in [0, 0.05) is 22.2 Å². The van der Waals surface area contributed by atoms with Crippen LogP contribution < -0.4 is 0 Å². The van der Waals surface area contributed by atoms with Crippen molar-refractivity contribution in [3.63, 3.8) is 0 Å². The van der Waals surface area contributed by atoms with Gasteiger partial charge in [-0.15, -0.1) is 11.3 Å². The molecule has 0 bridgehead atoms. The predicted molar refractivity (Wildman–Crippen MR) is 82.0 cm³/mol. The van der Waals surface area contributed by atoms with Crippen molar-refractivity contribution in [3.05, 3.63) is 46.2 Å². The molecule has 0 N–H and O–H groups in total. The lowest BCUT2D eigenvalue weighted by molar-refractivity contribution is 0.935. The Hall–Kier alpha value is -1.45. The Morgan fingerprint density at radius 1 is 1.21 bits per heavy atom. The SMILES string of the molecule is CCc1nc(Cl)c(C)c(-c2cccc3ccsc23)n1. The number of hydrogen-bond donors (Lipinski definition) is 0. The zero-order chi connectivity index (χ0) is 13.4. The number of aryl methyl sites for hydroxylation is 1. The molecule has 0 unspecified atom stereocenters. The van der Waals surface area contributed by atoms with Crippen LogP contribution in [0.2, 0.25) is 5.15 Å². The van der Waals surface area contributed by atoms with Crippen molar-refractivity contribution < 1.29 is 0 Å². The van der Waals surface area contributed by atoms with Crippen LogP contribution in [0.4, 0.5) is 0 Å². The summed E-state index contributed by atoms with van der Waals surface area (Å²) in [5.74, 6) is 0.791. The fourth-order valence-electron chi connectivity index (χ4n) is 2.13. The van der Waals surface area contributed by atoms with Crippen molar-refractivity contribution in [2.45, 2.75) is 20.3 Å². The molecule has 2 heterocycles. The number of fused-ring (bicyclic) bond motifs is 1. The molecule has 0 amide bonds. The Balaban J connectivity index is 2.32. The number of rotatable bonds is 2. The number of hydrogen-bond acceptors (Lipinski definition) is 3. The lowest BCUT2D eigenvalue weighted by Gasteiger charge is -2.09. The van der Waals surface area contributed by atoms with E-state index in [-0.39, 0.29) is 0 Å². The third-order valence-corrected chi connectivity index (χ3v) is 4.51. The summed E-state index contributed by atoms with van der Waals surface area (Å²) >= 11 is 7.96. The molecule has 0 aliphatic carbocycles. The van der Waals surface area contributed by atoms with Crippen molar-refractivity contribution in [1.82, 2.24) is 9.97 Å². The summed E-state index contributed by atoms with van der Waals surface area (Å²) in [7, 11) is 0. The smallest absolute Gasteiger partial charge is 0.136 e. The van der Waals surface area contributed by atoms with Crippen LogP contribution in [-0.2, 0) is 6.42 Å². The highest BCUT2D eigenvalue weighted by Crippen LogP contribution is 2.34. The second-order valence-corrected chi connectivity index (χ2v) is 5.68. The van der Waals surface area contributed by atoms with E-state index in [9.17, 15) is 0 Å². The van der Waals surface area contributed by atoms with Crippen LogP contribution in [0.5, 0.6) is 0 Å². The molecular weight excluding hydrogens is 276 g/mol. The molecule has 2 aromatic heterocycles. The largest absolute Gasteiger partial charge is 0.232 e. The van der Waals surface area contributed by atoms with E-state index in [0.29, 0.717) is 5.15 Å². The van der Waals surface area contributed by atoms with E-state index in [0.717, 1.165) is 29.1 Å². The number of thiophene rings is 1. The first-order chi connectivity index (χ1) is 9.20. The van der Waals surface area contributed by atoms with Crippen molar-refractivity contribution in [2.75, 3.05) is 0 Å². The second-order valence-electron chi connectivity index (χ2n) is 4.40. The van der Waals surface area contributed by atoms with Crippen LogP contribution in [0.1, 0.15) is 18.3 Å². The van der Waals surface area contributed by atoms with E-state index in [1.165, 1.54) is 10.1 Å². The molecule has 1 aromatic carbocycles. The molecule has 0 saturated carbocycles. The Labute approximate surface area is 121 Å². The molecule has 0 spiro atoms. The van der Waals surface area contributed by atoms with E-state index in [2.05, 4.69) is 39.6 Å². The molecule has 96 valence electrons. The molecule has 4 heteroatoms. The van der Waals surface area contributed by atoms with Crippen LogP contribution in [0, 0.1) is 6.92 Å². The van der Waals surface area contributed by atoms with Crippen molar-refractivity contribution in [3.8, 4) is 11.3 Å². The third kappa shape index (κ3) is 2.13. The first kappa shape index (κ1) is 12.6. The van der Waals surface area contributed by atoms with Gasteiger partial charge >= 0.3 is 0 Å². The number of benzene rings is 1. The summed E-state index contributed by atoms with van der Waals surface area (Å²) in [5, 5.41) is 3.90. The van der Waals surface area contributed by atoms with Crippen LogP contribution in [0.3, 0.4) is 0 Å². The van der Waals surface area contributed by atoms with Crippen LogP contribution in [0.25, 0.3) is 21.3 Å². The first-order valence-electron chi connectivity index (χ1n) is 6.20. The normalized spacial score (nSPS) is 11.1. The van der Waals surface area contributed by atoms with E-state index in [4.69, 9.17) is 11.6 Å². The summed E-state index contributed by atoms with van der Waals surface area (Å²) in [6, 6.07) is 8.41. The molecule has 0 aliphatic rings. The molecule has 0 saturated heterocycles. The first-order valence-corrected chi connectivity index (χ1v) is 7.46. The molecule has 0 radical (unpaired) electrons. The monoisotopic (exact) mass is 288 g/mol. The van der Waals surface area contributed by atoms with Gasteiger partial charge in [-0.25, -0.2) is 9.97 Å². The number of halogens is 1. The standard InChI is InChI=1S/C15H13ClN2S/c1-3-12-17-13(9(2)15(16)18-12)11-6-4-5-10-7-8-19-14(10)11/h4-8H,3H2,1-2H3. The van der Waals surface area contributed by atoms with Crippen molar-refractivity contribution in [2.24, 2.45) is 0 Å².